The minimum absolute atomic E-state index is 0.212. The number of benzene rings is 3. The molecular weight excluding hydrogens is 246 g/mol. The summed E-state index contributed by atoms with van der Waals surface area (Å²) in [7, 11) is 0. The first kappa shape index (κ1) is 12.3. The molecule has 0 aliphatic rings. The minimum Gasteiger partial charge on any atom is -0.508 e. The number of nitriles is 1. The van der Waals surface area contributed by atoms with Crippen molar-refractivity contribution in [3.63, 3.8) is 0 Å². The highest BCUT2D eigenvalue weighted by molar-refractivity contribution is 5.83. The minimum atomic E-state index is -0.319. The van der Waals surface area contributed by atoms with Gasteiger partial charge in [0, 0.05) is 0 Å². The number of phenolic OH excluding ortho intramolecular Hbond substituents is 1. The molecule has 3 rings (SSSR count). The van der Waals surface area contributed by atoms with E-state index in [0.29, 0.717) is 0 Å². The first-order chi connectivity index (χ1) is 9.78. The van der Waals surface area contributed by atoms with Gasteiger partial charge in [-0.2, -0.15) is 5.26 Å². The van der Waals surface area contributed by atoms with Crippen LogP contribution in [0.3, 0.4) is 0 Å². The third kappa shape index (κ3) is 2.22. The van der Waals surface area contributed by atoms with Crippen LogP contribution >= 0.6 is 0 Å². The first-order valence-corrected chi connectivity index (χ1v) is 6.45. The lowest BCUT2D eigenvalue weighted by Crippen LogP contribution is -1.97. The lowest BCUT2D eigenvalue weighted by Gasteiger charge is -2.11. The van der Waals surface area contributed by atoms with Crippen molar-refractivity contribution in [3.05, 3.63) is 77.9 Å². The fourth-order valence-corrected chi connectivity index (χ4v) is 2.40. The van der Waals surface area contributed by atoms with Gasteiger partial charge in [-0.3, -0.25) is 0 Å². The van der Waals surface area contributed by atoms with Gasteiger partial charge in [0.2, 0.25) is 0 Å². The van der Waals surface area contributed by atoms with Crippen molar-refractivity contribution < 1.29 is 5.11 Å². The first-order valence-electron chi connectivity index (χ1n) is 6.45. The molecule has 3 aromatic rings. The van der Waals surface area contributed by atoms with E-state index in [9.17, 15) is 10.4 Å². The molecular formula is C18H13NO. The lowest BCUT2D eigenvalue weighted by molar-refractivity contribution is 0.475. The van der Waals surface area contributed by atoms with Gasteiger partial charge in [0.25, 0.3) is 0 Å². The second-order valence-corrected chi connectivity index (χ2v) is 4.76. The molecule has 0 aromatic heterocycles. The van der Waals surface area contributed by atoms with E-state index in [2.05, 4.69) is 18.2 Å². The van der Waals surface area contributed by atoms with Crippen LogP contribution in [0.1, 0.15) is 17.0 Å². The number of phenols is 1. The number of aromatic hydroxyl groups is 1. The summed E-state index contributed by atoms with van der Waals surface area (Å²) in [4.78, 5) is 0. The van der Waals surface area contributed by atoms with Gasteiger partial charge in [0.05, 0.1) is 12.0 Å². The van der Waals surface area contributed by atoms with Crippen molar-refractivity contribution in [3.8, 4) is 11.8 Å². The van der Waals surface area contributed by atoms with Crippen LogP contribution in [0.4, 0.5) is 0 Å². The summed E-state index contributed by atoms with van der Waals surface area (Å²) in [5.74, 6) is -0.107. The van der Waals surface area contributed by atoms with E-state index < -0.39 is 0 Å². The van der Waals surface area contributed by atoms with Gasteiger partial charge >= 0.3 is 0 Å². The SMILES string of the molecule is N#CC(c1ccc(O)cc1)c1ccc2ccccc2c1. The zero-order chi connectivity index (χ0) is 13.9. The molecule has 0 aliphatic carbocycles. The number of hydrogen-bond donors (Lipinski definition) is 1. The van der Waals surface area contributed by atoms with Crippen LogP contribution in [0.25, 0.3) is 10.8 Å². The predicted molar refractivity (Wildman–Crippen MR) is 79.5 cm³/mol. The maximum absolute atomic E-state index is 9.46. The van der Waals surface area contributed by atoms with Gasteiger partial charge < -0.3 is 5.11 Å². The van der Waals surface area contributed by atoms with Crippen molar-refractivity contribution >= 4 is 10.8 Å². The summed E-state index contributed by atoms with van der Waals surface area (Å²) in [6.45, 7) is 0. The molecule has 0 radical (unpaired) electrons. The Kier molecular flexibility index (Phi) is 3.10. The molecule has 0 bridgehead atoms. The molecule has 0 saturated heterocycles. The maximum Gasteiger partial charge on any atom is 0.115 e. The Morgan fingerprint density at radius 2 is 1.45 bits per heavy atom. The second kappa shape index (κ2) is 5.07. The molecule has 0 amide bonds. The average molecular weight is 259 g/mol. The van der Waals surface area contributed by atoms with Crippen LogP contribution in [0.2, 0.25) is 0 Å². The Hall–Kier alpha value is -2.79. The van der Waals surface area contributed by atoms with Crippen molar-refractivity contribution in [2.45, 2.75) is 5.92 Å². The molecule has 1 atom stereocenters. The molecule has 0 spiro atoms. The van der Waals surface area contributed by atoms with E-state index in [4.69, 9.17) is 0 Å². The van der Waals surface area contributed by atoms with Gasteiger partial charge in [-0.25, -0.2) is 0 Å². The van der Waals surface area contributed by atoms with Crippen molar-refractivity contribution in [1.29, 1.82) is 5.26 Å². The van der Waals surface area contributed by atoms with E-state index in [1.807, 2.05) is 30.3 Å². The van der Waals surface area contributed by atoms with Crippen LogP contribution in [0, 0.1) is 11.3 Å². The molecule has 96 valence electrons. The van der Waals surface area contributed by atoms with Crippen LogP contribution < -0.4 is 0 Å². The molecule has 20 heavy (non-hydrogen) atoms. The quantitative estimate of drug-likeness (QED) is 0.749. The lowest BCUT2D eigenvalue weighted by atomic mass is 9.91. The van der Waals surface area contributed by atoms with E-state index in [-0.39, 0.29) is 11.7 Å². The average Bonchev–Trinajstić information content (AvgIpc) is 2.50. The largest absolute Gasteiger partial charge is 0.508 e. The van der Waals surface area contributed by atoms with Crippen molar-refractivity contribution in [2.24, 2.45) is 0 Å². The Labute approximate surface area is 117 Å². The monoisotopic (exact) mass is 259 g/mol. The molecule has 0 aliphatic heterocycles. The van der Waals surface area contributed by atoms with E-state index in [1.165, 1.54) is 5.39 Å². The van der Waals surface area contributed by atoms with Gasteiger partial charge in [0.1, 0.15) is 5.75 Å². The normalized spacial score (nSPS) is 11.9. The van der Waals surface area contributed by atoms with Crippen LogP contribution in [0.5, 0.6) is 5.75 Å². The fourth-order valence-electron chi connectivity index (χ4n) is 2.40. The van der Waals surface area contributed by atoms with E-state index in [0.717, 1.165) is 16.5 Å². The number of rotatable bonds is 2. The van der Waals surface area contributed by atoms with E-state index in [1.54, 1.807) is 24.3 Å². The molecule has 0 heterocycles. The molecule has 1 N–H and O–H groups in total. The Morgan fingerprint density at radius 3 is 2.15 bits per heavy atom. The highest BCUT2D eigenvalue weighted by Gasteiger charge is 2.13. The molecule has 2 heteroatoms. The summed E-state index contributed by atoms with van der Waals surface area (Å²) in [5, 5.41) is 21.1. The Balaban J connectivity index is 2.07. The summed E-state index contributed by atoms with van der Waals surface area (Å²) >= 11 is 0. The molecule has 1 unspecified atom stereocenters. The van der Waals surface area contributed by atoms with Crippen molar-refractivity contribution in [1.82, 2.24) is 0 Å². The summed E-state index contributed by atoms with van der Waals surface area (Å²) in [6.07, 6.45) is 0. The molecule has 0 saturated carbocycles. The van der Waals surface area contributed by atoms with Crippen molar-refractivity contribution in [2.75, 3.05) is 0 Å². The summed E-state index contributed by atoms with van der Waals surface area (Å²) in [5.41, 5.74) is 1.86. The summed E-state index contributed by atoms with van der Waals surface area (Å²) < 4.78 is 0. The second-order valence-electron chi connectivity index (χ2n) is 4.76. The molecule has 3 aromatic carbocycles. The smallest absolute Gasteiger partial charge is 0.115 e. The zero-order valence-electron chi connectivity index (χ0n) is 10.8. The molecule has 0 fully saturated rings. The van der Waals surface area contributed by atoms with Gasteiger partial charge in [-0.1, -0.05) is 48.5 Å². The van der Waals surface area contributed by atoms with Gasteiger partial charge in [-0.05, 0) is 40.1 Å². The van der Waals surface area contributed by atoms with Crippen LogP contribution in [-0.4, -0.2) is 5.11 Å². The highest BCUT2D eigenvalue weighted by Crippen LogP contribution is 2.28. The highest BCUT2D eigenvalue weighted by atomic mass is 16.3. The maximum atomic E-state index is 9.46. The number of fused-ring (bicyclic) bond motifs is 1. The van der Waals surface area contributed by atoms with Crippen LogP contribution in [-0.2, 0) is 0 Å². The number of nitrogens with zero attached hydrogens (tertiary/aromatic N) is 1. The van der Waals surface area contributed by atoms with Gasteiger partial charge in [0.15, 0.2) is 0 Å². The predicted octanol–water partition coefficient (Wildman–Crippen LogP) is 4.20. The molecule has 2 nitrogen and oxygen atoms in total. The zero-order valence-corrected chi connectivity index (χ0v) is 10.8. The number of hydrogen-bond acceptors (Lipinski definition) is 2. The third-order valence-corrected chi connectivity index (χ3v) is 3.46. The van der Waals surface area contributed by atoms with E-state index >= 15 is 0 Å². The Bertz CT molecular complexity index is 784. The summed E-state index contributed by atoms with van der Waals surface area (Å²) in [6, 6.07) is 23.3. The Morgan fingerprint density at radius 1 is 0.800 bits per heavy atom. The van der Waals surface area contributed by atoms with Gasteiger partial charge in [-0.15, -0.1) is 0 Å². The fraction of sp³-hybridized carbons (Fsp3) is 0.0556. The topological polar surface area (TPSA) is 44.0 Å². The standard InChI is InChI=1S/C18H13NO/c19-12-18(14-7-9-17(20)10-8-14)16-6-5-13-3-1-2-4-15(13)11-16/h1-11,18,20H. The third-order valence-electron chi connectivity index (χ3n) is 3.46. The van der Waals surface area contributed by atoms with Crippen LogP contribution in [0.15, 0.2) is 66.7 Å².